The summed E-state index contributed by atoms with van der Waals surface area (Å²) in [6.45, 7) is 5.56. The Hall–Kier alpha value is -3.51. The van der Waals surface area contributed by atoms with Crippen LogP contribution >= 0.6 is 0 Å². The summed E-state index contributed by atoms with van der Waals surface area (Å²) in [5.41, 5.74) is 1.70. The molecule has 0 unspecified atom stereocenters. The van der Waals surface area contributed by atoms with Crippen molar-refractivity contribution in [2.24, 2.45) is 0 Å². The van der Waals surface area contributed by atoms with E-state index in [-0.39, 0.29) is 30.2 Å². The number of carboxylic acids is 1. The lowest BCUT2D eigenvalue weighted by Crippen LogP contribution is -2.54. The third kappa shape index (κ3) is 9.32. The lowest BCUT2D eigenvalue weighted by Gasteiger charge is -2.39. The summed E-state index contributed by atoms with van der Waals surface area (Å²) in [5.74, 6) is -3.35. The van der Waals surface area contributed by atoms with Crippen LogP contribution in [0, 0.1) is 5.82 Å². The van der Waals surface area contributed by atoms with Crippen LogP contribution in [0.2, 0.25) is 0 Å². The number of halogens is 4. The topological polar surface area (TPSA) is 93.2 Å². The second-order valence-corrected chi connectivity index (χ2v) is 9.37. The predicted octanol–water partition coefficient (Wildman–Crippen LogP) is 3.00. The number of amides is 2. The number of benzene rings is 2. The van der Waals surface area contributed by atoms with E-state index in [1.807, 2.05) is 23.1 Å². The lowest BCUT2D eigenvalue weighted by molar-refractivity contribution is -0.192. The molecule has 0 saturated carbocycles. The Balaban J connectivity index is 0.000000532. The first-order valence-corrected chi connectivity index (χ1v) is 12.7. The van der Waals surface area contributed by atoms with Crippen molar-refractivity contribution in [2.45, 2.75) is 31.6 Å². The number of piperidine rings is 1. The van der Waals surface area contributed by atoms with Gasteiger partial charge in [-0.15, -0.1) is 0 Å². The first-order valence-electron chi connectivity index (χ1n) is 12.7. The average molecular weight is 553 g/mol. The standard InChI is InChI=1S/C25H31FN4O2.C2HF3O2/c26-22-8-6-21(7-9-22)25(32)30(19-24(31)29-16-12-27-13-17-29)23-10-14-28(15-11-23)18-20-4-2-1-3-5-20;3-2(4,5)1(6)7/h1-9,23,27H,10-19H2;(H,6,7). The van der Waals surface area contributed by atoms with Gasteiger partial charge in [-0.2, -0.15) is 13.2 Å². The van der Waals surface area contributed by atoms with Gasteiger partial charge in [0.2, 0.25) is 5.91 Å². The van der Waals surface area contributed by atoms with Gasteiger partial charge in [-0.05, 0) is 42.7 Å². The SMILES string of the molecule is O=C(CN(C(=O)c1ccc(F)cc1)C1CCN(Cc2ccccc2)CC1)N1CCNCC1.O=C(O)C(F)(F)F. The molecular weight excluding hydrogens is 520 g/mol. The summed E-state index contributed by atoms with van der Waals surface area (Å²) in [5, 5.41) is 10.4. The highest BCUT2D eigenvalue weighted by Gasteiger charge is 2.38. The molecule has 2 saturated heterocycles. The zero-order valence-corrected chi connectivity index (χ0v) is 21.4. The van der Waals surface area contributed by atoms with Gasteiger partial charge in [0.15, 0.2) is 0 Å². The van der Waals surface area contributed by atoms with Crippen LogP contribution < -0.4 is 5.32 Å². The Bertz CT molecular complexity index is 1090. The number of carbonyl (C=O) groups excluding carboxylic acids is 2. The lowest BCUT2D eigenvalue weighted by atomic mass is 10.0. The maximum atomic E-state index is 13.4. The van der Waals surface area contributed by atoms with Crippen molar-refractivity contribution in [3.63, 3.8) is 0 Å². The molecule has 0 aromatic heterocycles. The monoisotopic (exact) mass is 552 g/mol. The largest absolute Gasteiger partial charge is 0.490 e. The highest BCUT2D eigenvalue weighted by molar-refractivity contribution is 5.96. The Kier molecular flexibility index (Phi) is 10.8. The number of nitrogens with one attached hydrogen (secondary N) is 1. The third-order valence-electron chi connectivity index (χ3n) is 6.62. The van der Waals surface area contributed by atoms with E-state index in [0.717, 1.165) is 45.6 Å². The number of hydrogen-bond donors (Lipinski definition) is 2. The Morgan fingerprint density at radius 3 is 2.03 bits per heavy atom. The molecule has 2 amide bonds. The van der Waals surface area contributed by atoms with E-state index in [9.17, 15) is 27.2 Å². The molecule has 2 heterocycles. The summed E-state index contributed by atoms with van der Waals surface area (Å²) in [6, 6.07) is 16.0. The van der Waals surface area contributed by atoms with Gasteiger partial charge in [-0.25, -0.2) is 9.18 Å². The number of aliphatic carboxylic acids is 1. The molecular formula is C27H32F4N4O4. The zero-order valence-electron chi connectivity index (χ0n) is 21.4. The molecule has 0 spiro atoms. The predicted molar refractivity (Wildman–Crippen MR) is 135 cm³/mol. The Labute approximate surface area is 224 Å². The van der Waals surface area contributed by atoms with Crippen molar-refractivity contribution in [1.82, 2.24) is 20.0 Å². The fourth-order valence-corrected chi connectivity index (χ4v) is 4.52. The molecule has 0 bridgehead atoms. The zero-order chi connectivity index (χ0) is 28.4. The summed E-state index contributed by atoms with van der Waals surface area (Å²) in [4.78, 5) is 41.2. The molecule has 2 fully saturated rings. The average Bonchev–Trinajstić information content (AvgIpc) is 2.93. The van der Waals surface area contributed by atoms with Crippen LogP contribution in [-0.4, -0.2) is 95.6 Å². The van der Waals surface area contributed by atoms with Gasteiger partial charge in [-0.1, -0.05) is 30.3 Å². The molecule has 4 rings (SSSR count). The molecule has 39 heavy (non-hydrogen) atoms. The van der Waals surface area contributed by atoms with Crippen LogP contribution in [0.15, 0.2) is 54.6 Å². The van der Waals surface area contributed by atoms with Crippen LogP contribution in [-0.2, 0) is 16.1 Å². The minimum absolute atomic E-state index is 0.00792. The molecule has 0 radical (unpaired) electrons. The van der Waals surface area contributed by atoms with E-state index in [1.165, 1.54) is 29.8 Å². The number of rotatable bonds is 6. The molecule has 2 aliphatic rings. The highest BCUT2D eigenvalue weighted by Crippen LogP contribution is 2.21. The Morgan fingerprint density at radius 1 is 0.923 bits per heavy atom. The number of carboxylic acid groups (broad SMARTS) is 1. The van der Waals surface area contributed by atoms with E-state index >= 15 is 0 Å². The van der Waals surface area contributed by atoms with Gasteiger partial charge < -0.3 is 20.2 Å². The van der Waals surface area contributed by atoms with E-state index < -0.39 is 12.1 Å². The fraction of sp³-hybridized carbons (Fsp3) is 0.444. The van der Waals surface area contributed by atoms with Gasteiger partial charge in [-0.3, -0.25) is 14.5 Å². The minimum atomic E-state index is -5.08. The van der Waals surface area contributed by atoms with Crippen molar-refractivity contribution in [3.05, 3.63) is 71.5 Å². The number of carbonyl (C=O) groups is 3. The van der Waals surface area contributed by atoms with Gasteiger partial charge in [0, 0.05) is 57.4 Å². The van der Waals surface area contributed by atoms with Crippen LogP contribution in [0.3, 0.4) is 0 Å². The smallest absolute Gasteiger partial charge is 0.475 e. The number of alkyl halides is 3. The maximum absolute atomic E-state index is 13.4. The van der Waals surface area contributed by atoms with Crippen molar-refractivity contribution in [1.29, 1.82) is 0 Å². The van der Waals surface area contributed by atoms with Gasteiger partial charge >= 0.3 is 12.1 Å². The van der Waals surface area contributed by atoms with Crippen molar-refractivity contribution >= 4 is 17.8 Å². The molecule has 2 aromatic rings. The number of likely N-dealkylation sites (tertiary alicyclic amines) is 1. The minimum Gasteiger partial charge on any atom is -0.475 e. The molecule has 2 aromatic carbocycles. The second kappa shape index (κ2) is 14.0. The number of piperazine rings is 1. The van der Waals surface area contributed by atoms with Crippen molar-refractivity contribution in [2.75, 3.05) is 45.8 Å². The second-order valence-electron chi connectivity index (χ2n) is 9.37. The summed E-state index contributed by atoms with van der Waals surface area (Å²) >= 11 is 0. The van der Waals surface area contributed by atoms with Crippen molar-refractivity contribution < 1.29 is 37.1 Å². The summed E-state index contributed by atoms with van der Waals surface area (Å²) in [6.07, 6.45) is -3.46. The van der Waals surface area contributed by atoms with E-state index in [4.69, 9.17) is 9.90 Å². The number of nitrogens with zero attached hydrogens (tertiary/aromatic N) is 3. The van der Waals surface area contributed by atoms with Gasteiger partial charge in [0.25, 0.3) is 5.91 Å². The highest BCUT2D eigenvalue weighted by atomic mass is 19.4. The Morgan fingerprint density at radius 2 is 1.49 bits per heavy atom. The van der Waals surface area contributed by atoms with Crippen LogP contribution in [0.25, 0.3) is 0 Å². The third-order valence-corrected chi connectivity index (χ3v) is 6.62. The summed E-state index contributed by atoms with van der Waals surface area (Å²) in [7, 11) is 0. The number of hydrogen-bond acceptors (Lipinski definition) is 5. The molecule has 2 N–H and O–H groups in total. The molecule has 0 aliphatic carbocycles. The van der Waals surface area contributed by atoms with Gasteiger partial charge in [0.05, 0.1) is 0 Å². The maximum Gasteiger partial charge on any atom is 0.490 e. The molecule has 2 aliphatic heterocycles. The molecule has 12 heteroatoms. The van der Waals surface area contributed by atoms with E-state index in [0.29, 0.717) is 18.7 Å². The van der Waals surface area contributed by atoms with E-state index in [2.05, 4.69) is 22.3 Å². The fourth-order valence-electron chi connectivity index (χ4n) is 4.52. The van der Waals surface area contributed by atoms with Crippen LogP contribution in [0.1, 0.15) is 28.8 Å². The van der Waals surface area contributed by atoms with Crippen LogP contribution in [0.4, 0.5) is 17.6 Å². The molecule has 212 valence electrons. The first kappa shape index (κ1) is 30.0. The molecule has 0 atom stereocenters. The summed E-state index contributed by atoms with van der Waals surface area (Å²) < 4.78 is 45.1. The normalized spacial score (nSPS) is 16.7. The molecule has 8 nitrogen and oxygen atoms in total. The van der Waals surface area contributed by atoms with E-state index in [1.54, 1.807) is 4.90 Å². The first-order chi connectivity index (χ1) is 18.5. The van der Waals surface area contributed by atoms with Crippen LogP contribution in [0.5, 0.6) is 0 Å². The van der Waals surface area contributed by atoms with Crippen molar-refractivity contribution in [3.8, 4) is 0 Å². The van der Waals surface area contributed by atoms with Gasteiger partial charge in [0.1, 0.15) is 12.4 Å². The quantitative estimate of drug-likeness (QED) is 0.536.